The van der Waals surface area contributed by atoms with Crippen molar-refractivity contribution in [2.45, 2.75) is 37.4 Å². The van der Waals surface area contributed by atoms with Gasteiger partial charge in [-0.15, -0.1) is 0 Å². The normalized spacial score (nSPS) is 36.8. The van der Waals surface area contributed by atoms with E-state index >= 15 is 0 Å². The molecule has 0 radical (unpaired) electrons. The van der Waals surface area contributed by atoms with Crippen molar-refractivity contribution in [2.75, 3.05) is 13.1 Å². The summed E-state index contributed by atoms with van der Waals surface area (Å²) in [4.78, 5) is 0. The first-order valence-electron chi connectivity index (χ1n) is 4.66. The number of hydrogen-bond donors (Lipinski definition) is 4. The van der Waals surface area contributed by atoms with E-state index in [1.807, 2.05) is 0 Å². The van der Waals surface area contributed by atoms with Crippen molar-refractivity contribution in [2.24, 2.45) is 17.2 Å². The van der Waals surface area contributed by atoms with Gasteiger partial charge < -0.3 is 17.2 Å². The van der Waals surface area contributed by atoms with Crippen molar-refractivity contribution in [1.82, 2.24) is 5.32 Å². The Morgan fingerprint density at radius 1 is 1.33 bits per heavy atom. The van der Waals surface area contributed by atoms with Gasteiger partial charge in [0.1, 0.15) is 0 Å². The molecule has 0 aliphatic heterocycles. The fourth-order valence-corrected chi connectivity index (χ4v) is 1.65. The number of nitrogens with one attached hydrogen (secondary N) is 1. The molecule has 1 aliphatic rings. The summed E-state index contributed by atoms with van der Waals surface area (Å²) in [6.45, 7) is 1.44. The van der Waals surface area contributed by atoms with E-state index in [4.69, 9.17) is 17.2 Å². The third kappa shape index (κ3) is 2.71. The fourth-order valence-electron chi connectivity index (χ4n) is 1.65. The molecule has 72 valence electrons. The molecule has 0 heterocycles. The van der Waals surface area contributed by atoms with Crippen molar-refractivity contribution in [3.05, 3.63) is 0 Å². The summed E-state index contributed by atoms with van der Waals surface area (Å²) >= 11 is 0. The second-order valence-corrected chi connectivity index (χ2v) is 3.71. The lowest BCUT2D eigenvalue weighted by molar-refractivity contribution is 0.225. The maximum Gasteiger partial charge on any atom is 0.0663 e. The zero-order valence-corrected chi connectivity index (χ0v) is 7.55. The topological polar surface area (TPSA) is 90.1 Å². The van der Waals surface area contributed by atoms with E-state index in [-0.39, 0.29) is 5.66 Å². The molecular formula is C8H20N4. The average molecular weight is 172 g/mol. The van der Waals surface area contributed by atoms with Crippen LogP contribution in [0, 0.1) is 0 Å². The Hall–Kier alpha value is -0.160. The highest BCUT2D eigenvalue weighted by Gasteiger charge is 2.29. The quantitative estimate of drug-likeness (QED) is 0.415. The molecule has 0 spiro atoms. The average Bonchev–Trinajstić information content (AvgIpc) is 2.08. The van der Waals surface area contributed by atoms with Crippen molar-refractivity contribution < 1.29 is 0 Å². The molecule has 4 heteroatoms. The Bertz CT molecular complexity index is 124. The summed E-state index contributed by atoms with van der Waals surface area (Å²) < 4.78 is 0. The molecule has 1 rings (SSSR count). The zero-order chi connectivity index (χ0) is 9.03. The zero-order valence-electron chi connectivity index (χ0n) is 7.55. The summed E-state index contributed by atoms with van der Waals surface area (Å²) in [5.41, 5.74) is 17.1. The molecule has 4 nitrogen and oxygen atoms in total. The molecule has 0 bridgehead atoms. The lowest BCUT2D eigenvalue weighted by atomic mass is 9.87. The molecule has 0 aromatic heterocycles. The van der Waals surface area contributed by atoms with Crippen LogP contribution in [0.2, 0.25) is 0 Å². The van der Waals surface area contributed by atoms with Crippen LogP contribution >= 0.6 is 0 Å². The van der Waals surface area contributed by atoms with Gasteiger partial charge in [0.2, 0.25) is 0 Å². The second-order valence-electron chi connectivity index (χ2n) is 3.71. The van der Waals surface area contributed by atoms with E-state index in [1.165, 1.54) is 0 Å². The van der Waals surface area contributed by atoms with E-state index in [2.05, 4.69) is 5.32 Å². The molecule has 7 N–H and O–H groups in total. The molecule has 0 aromatic carbocycles. The van der Waals surface area contributed by atoms with Gasteiger partial charge in [-0.05, 0) is 25.7 Å². The van der Waals surface area contributed by atoms with Crippen LogP contribution in [0.5, 0.6) is 0 Å². The van der Waals surface area contributed by atoms with Crippen LogP contribution in [0.15, 0.2) is 0 Å². The number of nitrogens with two attached hydrogens (primary N) is 3. The lowest BCUT2D eigenvalue weighted by Gasteiger charge is -2.36. The largest absolute Gasteiger partial charge is 0.329 e. The lowest BCUT2D eigenvalue weighted by Crippen LogP contribution is -2.57. The molecule has 1 saturated carbocycles. The SMILES string of the molecule is NCCNC1(N)CCC(N)CC1. The monoisotopic (exact) mass is 172 g/mol. The maximum absolute atomic E-state index is 6.09. The third-order valence-corrected chi connectivity index (χ3v) is 2.54. The van der Waals surface area contributed by atoms with Gasteiger partial charge in [-0.2, -0.15) is 0 Å². The van der Waals surface area contributed by atoms with Crippen LogP contribution in [-0.4, -0.2) is 24.8 Å². The first kappa shape index (κ1) is 9.92. The van der Waals surface area contributed by atoms with Gasteiger partial charge in [0.25, 0.3) is 0 Å². The molecule has 1 aliphatic carbocycles. The van der Waals surface area contributed by atoms with Crippen LogP contribution < -0.4 is 22.5 Å². The number of hydrogen-bond acceptors (Lipinski definition) is 4. The van der Waals surface area contributed by atoms with E-state index in [0.717, 1.165) is 32.2 Å². The van der Waals surface area contributed by atoms with Crippen molar-refractivity contribution >= 4 is 0 Å². The van der Waals surface area contributed by atoms with Gasteiger partial charge in [-0.1, -0.05) is 0 Å². The minimum atomic E-state index is -0.199. The highest BCUT2D eigenvalue weighted by Crippen LogP contribution is 2.22. The van der Waals surface area contributed by atoms with E-state index in [1.54, 1.807) is 0 Å². The van der Waals surface area contributed by atoms with Crippen molar-refractivity contribution in [3.63, 3.8) is 0 Å². The predicted molar refractivity (Wildman–Crippen MR) is 50.4 cm³/mol. The maximum atomic E-state index is 6.09. The van der Waals surface area contributed by atoms with Gasteiger partial charge >= 0.3 is 0 Å². The van der Waals surface area contributed by atoms with E-state index in [9.17, 15) is 0 Å². The highest BCUT2D eigenvalue weighted by molar-refractivity contribution is 4.88. The number of rotatable bonds is 3. The van der Waals surface area contributed by atoms with Crippen LogP contribution in [0.1, 0.15) is 25.7 Å². The van der Waals surface area contributed by atoms with Crippen molar-refractivity contribution in [1.29, 1.82) is 0 Å². The molecular weight excluding hydrogens is 152 g/mol. The standard InChI is InChI=1S/C8H20N4/c9-5-6-12-8(11)3-1-7(10)2-4-8/h7,12H,1-6,9-11H2. The minimum absolute atomic E-state index is 0.199. The summed E-state index contributed by atoms with van der Waals surface area (Å²) in [6, 6.07) is 0.348. The van der Waals surface area contributed by atoms with Crippen LogP contribution in [0.3, 0.4) is 0 Å². The Morgan fingerprint density at radius 3 is 2.42 bits per heavy atom. The summed E-state index contributed by atoms with van der Waals surface area (Å²) in [7, 11) is 0. The highest BCUT2D eigenvalue weighted by atomic mass is 15.1. The van der Waals surface area contributed by atoms with Gasteiger partial charge in [0.15, 0.2) is 0 Å². The van der Waals surface area contributed by atoms with E-state index in [0.29, 0.717) is 12.6 Å². The van der Waals surface area contributed by atoms with Gasteiger partial charge in [0.05, 0.1) is 5.66 Å². The van der Waals surface area contributed by atoms with Crippen LogP contribution in [0.4, 0.5) is 0 Å². The van der Waals surface area contributed by atoms with Crippen LogP contribution in [0.25, 0.3) is 0 Å². The van der Waals surface area contributed by atoms with E-state index < -0.39 is 0 Å². The smallest absolute Gasteiger partial charge is 0.0663 e. The Balaban J connectivity index is 2.29. The summed E-state index contributed by atoms with van der Waals surface area (Å²) in [6.07, 6.45) is 3.98. The Kier molecular flexibility index (Phi) is 3.46. The molecule has 1 fully saturated rings. The van der Waals surface area contributed by atoms with Crippen molar-refractivity contribution in [3.8, 4) is 0 Å². The molecule has 0 aromatic rings. The second kappa shape index (κ2) is 4.18. The first-order valence-corrected chi connectivity index (χ1v) is 4.66. The third-order valence-electron chi connectivity index (χ3n) is 2.54. The summed E-state index contributed by atoms with van der Waals surface area (Å²) in [5, 5.41) is 3.27. The molecule has 0 saturated heterocycles. The predicted octanol–water partition coefficient (Wildman–Crippen LogP) is -0.909. The van der Waals surface area contributed by atoms with Gasteiger partial charge in [-0.3, -0.25) is 5.32 Å². The summed E-state index contributed by atoms with van der Waals surface area (Å²) in [5.74, 6) is 0. The Morgan fingerprint density at radius 2 is 1.92 bits per heavy atom. The molecule has 12 heavy (non-hydrogen) atoms. The minimum Gasteiger partial charge on any atom is -0.329 e. The molecule has 0 amide bonds. The van der Waals surface area contributed by atoms with Gasteiger partial charge in [-0.25, -0.2) is 0 Å². The van der Waals surface area contributed by atoms with Gasteiger partial charge in [0, 0.05) is 19.1 Å². The molecule has 0 unspecified atom stereocenters. The fraction of sp³-hybridized carbons (Fsp3) is 1.00. The van der Waals surface area contributed by atoms with Crippen LogP contribution in [-0.2, 0) is 0 Å². The molecule has 0 atom stereocenters. The Labute approximate surface area is 73.9 Å². The first-order chi connectivity index (χ1) is 5.66.